The van der Waals surface area contributed by atoms with Crippen molar-refractivity contribution in [3.63, 3.8) is 0 Å². The standard InChI is InChI=1S/C15H22O5S/c1-15(2,3)10-5-4-9-14(16)20-12-7-6-8-13(11-12)21(17,18)19/h6-8,11H,4-5,9-10H2,1-3H3,(H,17,18,19). The highest BCUT2D eigenvalue weighted by molar-refractivity contribution is 7.85. The second-order valence-electron chi connectivity index (χ2n) is 6.19. The molecule has 0 atom stereocenters. The van der Waals surface area contributed by atoms with Gasteiger partial charge >= 0.3 is 5.97 Å². The largest absolute Gasteiger partial charge is 0.426 e. The molecule has 0 fully saturated rings. The van der Waals surface area contributed by atoms with E-state index in [0.717, 1.165) is 25.3 Å². The molecule has 0 bridgehead atoms. The Kier molecular flexibility index (Phi) is 5.92. The second kappa shape index (κ2) is 7.04. The van der Waals surface area contributed by atoms with Crippen molar-refractivity contribution in [1.29, 1.82) is 0 Å². The molecule has 0 aromatic heterocycles. The molecule has 0 heterocycles. The Morgan fingerprint density at radius 1 is 1.24 bits per heavy atom. The molecule has 0 spiro atoms. The summed E-state index contributed by atoms with van der Waals surface area (Å²) in [6.07, 6.45) is 2.97. The predicted molar refractivity (Wildman–Crippen MR) is 79.8 cm³/mol. The van der Waals surface area contributed by atoms with E-state index in [-0.39, 0.29) is 22.5 Å². The van der Waals surface area contributed by atoms with Gasteiger partial charge < -0.3 is 4.74 Å². The maximum atomic E-state index is 11.7. The van der Waals surface area contributed by atoms with Gasteiger partial charge in [0.1, 0.15) is 5.75 Å². The fourth-order valence-corrected chi connectivity index (χ4v) is 2.32. The summed E-state index contributed by atoms with van der Waals surface area (Å²) in [6.45, 7) is 6.43. The van der Waals surface area contributed by atoms with Crippen LogP contribution in [0.3, 0.4) is 0 Å². The molecule has 118 valence electrons. The van der Waals surface area contributed by atoms with Crippen LogP contribution in [0.1, 0.15) is 46.5 Å². The number of hydrogen-bond acceptors (Lipinski definition) is 4. The Hall–Kier alpha value is -1.40. The highest BCUT2D eigenvalue weighted by atomic mass is 32.2. The summed E-state index contributed by atoms with van der Waals surface area (Å²) in [5.74, 6) is -0.289. The Bertz CT molecular complexity index is 584. The van der Waals surface area contributed by atoms with Crippen LogP contribution in [0.15, 0.2) is 29.2 Å². The fourth-order valence-electron chi connectivity index (χ4n) is 1.81. The van der Waals surface area contributed by atoms with E-state index in [1.165, 1.54) is 18.2 Å². The third-order valence-electron chi connectivity index (χ3n) is 2.89. The van der Waals surface area contributed by atoms with Gasteiger partial charge in [0.15, 0.2) is 0 Å². The Morgan fingerprint density at radius 2 is 1.90 bits per heavy atom. The monoisotopic (exact) mass is 314 g/mol. The van der Waals surface area contributed by atoms with E-state index in [1.54, 1.807) is 0 Å². The summed E-state index contributed by atoms with van der Waals surface area (Å²) in [5.41, 5.74) is 0.244. The highest BCUT2D eigenvalue weighted by Gasteiger charge is 2.13. The van der Waals surface area contributed by atoms with Crippen molar-refractivity contribution in [2.24, 2.45) is 5.41 Å². The molecule has 1 N–H and O–H groups in total. The van der Waals surface area contributed by atoms with Crippen LogP contribution in [0.25, 0.3) is 0 Å². The molecule has 0 radical (unpaired) electrons. The van der Waals surface area contributed by atoms with Gasteiger partial charge in [-0.05, 0) is 30.4 Å². The van der Waals surface area contributed by atoms with Crippen LogP contribution in [0, 0.1) is 5.41 Å². The molecular formula is C15H22O5S. The summed E-state index contributed by atoms with van der Waals surface area (Å²) in [5, 5.41) is 0. The minimum atomic E-state index is -4.29. The summed E-state index contributed by atoms with van der Waals surface area (Å²) in [6, 6.07) is 5.24. The molecule has 1 rings (SSSR count). The predicted octanol–water partition coefficient (Wildman–Crippen LogP) is 3.45. The van der Waals surface area contributed by atoms with Gasteiger partial charge in [-0.25, -0.2) is 0 Å². The van der Waals surface area contributed by atoms with Gasteiger partial charge in [0, 0.05) is 12.5 Å². The number of hydrogen-bond donors (Lipinski definition) is 1. The molecule has 1 aromatic carbocycles. The number of unbranched alkanes of at least 4 members (excludes halogenated alkanes) is 1. The van der Waals surface area contributed by atoms with Gasteiger partial charge in [-0.15, -0.1) is 0 Å². The van der Waals surface area contributed by atoms with Crippen molar-refractivity contribution in [3.8, 4) is 5.75 Å². The van der Waals surface area contributed by atoms with Gasteiger partial charge in [-0.1, -0.05) is 33.3 Å². The first-order valence-electron chi connectivity index (χ1n) is 6.86. The van der Waals surface area contributed by atoms with Crippen molar-refractivity contribution in [1.82, 2.24) is 0 Å². The van der Waals surface area contributed by atoms with E-state index in [2.05, 4.69) is 20.8 Å². The van der Waals surface area contributed by atoms with Crippen molar-refractivity contribution >= 4 is 16.1 Å². The van der Waals surface area contributed by atoms with Crippen LogP contribution in [-0.4, -0.2) is 18.9 Å². The smallest absolute Gasteiger partial charge is 0.311 e. The zero-order valence-electron chi connectivity index (χ0n) is 12.6. The van der Waals surface area contributed by atoms with Gasteiger partial charge in [0.25, 0.3) is 10.1 Å². The third kappa shape index (κ3) is 7.24. The second-order valence-corrected chi connectivity index (χ2v) is 7.61. The molecular weight excluding hydrogens is 292 g/mol. The minimum Gasteiger partial charge on any atom is -0.426 e. The molecule has 0 aliphatic heterocycles. The molecule has 21 heavy (non-hydrogen) atoms. The fraction of sp³-hybridized carbons (Fsp3) is 0.533. The van der Waals surface area contributed by atoms with Gasteiger partial charge in [0.2, 0.25) is 0 Å². The maximum absolute atomic E-state index is 11.7. The summed E-state index contributed by atoms with van der Waals surface area (Å²) < 4.78 is 36.0. The molecule has 0 aliphatic rings. The van der Waals surface area contributed by atoms with E-state index in [9.17, 15) is 13.2 Å². The zero-order chi connectivity index (χ0) is 16.1. The number of ether oxygens (including phenoxy) is 1. The summed E-state index contributed by atoms with van der Waals surface area (Å²) >= 11 is 0. The molecule has 0 unspecified atom stereocenters. The Morgan fingerprint density at radius 3 is 2.48 bits per heavy atom. The van der Waals surface area contributed by atoms with E-state index >= 15 is 0 Å². The number of rotatable bonds is 6. The normalized spacial score (nSPS) is 12.2. The maximum Gasteiger partial charge on any atom is 0.311 e. The molecule has 6 heteroatoms. The third-order valence-corrected chi connectivity index (χ3v) is 3.74. The Labute approximate surface area is 126 Å². The van der Waals surface area contributed by atoms with Crippen LogP contribution in [0.5, 0.6) is 5.75 Å². The molecule has 0 amide bonds. The average molecular weight is 314 g/mol. The highest BCUT2D eigenvalue weighted by Crippen LogP contribution is 2.22. The zero-order valence-corrected chi connectivity index (χ0v) is 13.4. The SMILES string of the molecule is CC(C)(C)CCCCC(=O)Oc1cccc(S(=O)(=O)O)c1. The van der Waals surface area contributed by atoms with E-state index in [4.69, 9.17) is 9.29 Å². The lowest BCUT2D eigenvalue weighted by atomic mass is 9.89. The van der Waals surface area contributed by atoms with Crippen molar-refractivity contribution in [2.45, 2.75) is 51.3 Å². The number of benzene rings is 1. The van der Waals surface area contributed by atoms with E-state index in [0.29, 0.717) is 0 Å². The van der Waals surface area contributed by atoms with Crippen LogP contribution >= 0.6 is 0 Å². The van der Waals surface area contributed by atoms with Crippen LogP contribution in [0.2, 0.25) is 0 Å². The Balaban J connectivity index is 2.49. The first-order valence-corrected chi connectivity index (χ1v) is 8.30. The van der Waals surface area contributed by atoms with Gasteiger partial charge in [-0.2, -0.15) is 8.42 Å². The lowest BCUT2D eigenvalue weighted by Crippen LogP contribution is -2.09. The van der Waals surface area contributed by atoms with E-state index in [1.807, 2.05) is 0 Å². The lowest BCUT2D eigenvalue weighted by Gasteiger charge is -2.17. The molecule has 0 aliphatic carbocycles. The van der Waals surface area contributed by atoms with Crippen LogP contribution < -0.4 is 4.74 Å². The molecule has 0 saturated carbocycles. The van der Waals surface area contributed by atoms with Crippen molar-refractivity contribution < 1.29 is 22.5 Å². The molecule has 0 saturated heterocycles. The minimum absolute atomic E-state index is 0.117. The lowest BCUT2D eigenvalue weighted by molar-refractivity contribution is -0.134. The van der Waals surface area contributed by atoms with Crippen LogP contribution in [-0.2, 0) is 14.9 Å². The topological polar surface area (TPSA) is 80.7 Å². The van der Waals surface area contributed by atoms with Gasteiger partial charge in [-0.3, -0.25) is 9.35 Å². The number of esters is 1. The summed E-state index contributed by atoms with van der Waals surface area (Å²) in [4.78, 5) is 11.4. The van der Waals surface area contributed by atoms with Crippen LogP contribution in [0.4, 0.5) is 0 Å². The first-order chi connectivity index (χ1) is 9.58. The quantitative estimate of drug-likeness (QED) is 0.376. The first kappa shape index (κ1) is 17.7. The van der Waals surface area contributed by atoms with Crippen molar-refractivity contribution in [2.75, 3.05) is 0 Å². The van der Waals surface area contributed by atoms with Gasteiger partial charge in [0.05, 0.1) is 4.90 Å². The number of carbonyl (C=O) groups is 1. The number of carbonyl (C=O) groups excluding carboxylic acids is 1. The van der Waals surface area contributed by atoms with E-state index < -0.39 is 16.1 Å². The summed E-state index contributed by atoms with van der Waals surface area (Å²) in [7, 11) is -4.29. The van der Waals surface area contributed by atoms with Crippen molar-refractivity contribution in [3.05, 3.63) is 24.3 Å². The molecule has 1 aromatic rings. The molecule has 5 nitrogen and oxygen atoms in total. The average Bonchev–Trinajstić information content (AvgIpc) is 2.33.